The van der Waals surface area contributed by atoms with Crippen LogP contribution in [-0.4, -0.2) is 38.9 Å². The van der Waals surface area contributed by atoms with Gasteiger partial charge >= 0.3 is 0 Å². The Morgan fingerprint density at radius 2 is 2.00 bits per heavy atom. The van der Waals surface area contributed by atoms with Gasteiger partial charge in [0.2, 0.25) is 0 Å². The summed E-state index contributed by atoms with van der Waals surface area (Å²) in [6, 6.07) is 2.10. The summed E-state index contributed by atoms with van der Waals surface area (Å²) in [7, 11) is 0.175. The Hall–Kier alpha value is 0.340. The lowest BCUT2D eigenvalue weighted by Gasteiger charge is -2.33. The highest BCUT2D eigenvalue weighted by atomic mass is 79.9. The third kappa shape index (κ3) is 3.39. The average molecular weight is 402 g/mol. The predicted octanol–water partition coefficient (Wildman–Crippen LogP) is 3.32. The van der Waals surface area contributed by atoms with Crippen LogP contribution in [0.15, 0.2) is 14.1 Å². The first-order chi connectivity index (χ1) is 9.36. The van der Waals surface area contributed by atoms with Gasteiger partial charge in [0.15, 0.2) is 0 Å². The van der Waals surface area contributed by atoms with Crippen molar-refractivity contribution in [2.45, 2.75) is 42.0 Å². The molecule has 8 heteroatoms. The molecule has 114 valence electrons. The number of hydrogen-bond acceptors (Lipinski definition) is 4. The Morgan fingerprint density at radius 3 is 2.45 bits per heavy atom. The SMILES string of the molecule is CNC1CCC(N(C)S(=O)(=O)c2cc(Cl)c(Br)s2)CC1. The molecule has 0 bridgehead atoms. The molecule has 1 saturated carbocycles. The Labute approximate surface area is 137 Å². The predicted molar refractivity (Wildman–Crippen MR) is 87.1 cm³/mol. The van der Waals surface area contributed by atoms with Crippen LogP contribution in [0.3, 0.4) is 0 Å². The molecule has 4 nitrogen and oxygen atoms in total. The maximum atomic E-state index is 12.6. The zero-order valence-electron chi connectivity index (χ0n) is 11.4. The van der Waals surface area contributed by atoms with Crippen LogP contribution in [0.4, 0.5) is 0 Å². The van der Waals surface area contributed by atoms with Crippen LogP contribution in [0, 0.1) is 0 Å². The van der Waals surface area contributed by atoms with E-state index in [0.717, 1.165) is 37.0 Å². The van der Waals surface area contributed by atoms with Crippen molar-refractivity contribution in [3.05, 3.63) is 14.9 Å². The quantitative estimate of drug-likeness (QED) is 0.842. The molecule has 20 heavy (non-hydrogen) atoms. The first-order valence-electron chi connectivity index (χ1n) is 6.46. The van der Waals surface area contributed by atoms with Gasteiger partial charge in [0.25, 0.3) is 10.0 Å². The summed E-state index contributed by atoms with van der Waals surface area (Å²) in [4.78, 5) is 0. The molecule has 1 aromatic rings. The van der Waals surface area contributed by atoms with Crippen molar-refractivity contribution >= 4 is 48.9 Å². The van der Waals surface area contributed by atoms with Crippen molar-refractivity contribution in [2.24, 2.45) is 0 Å². The molecule has 0 atom stereocenters. The molecule has 1 aliphatic rings. The first-order valence-corrected chi connectivity index (χ1v) is 9.89. The van der Waals surface area contributed by atoms with Crippen LogP contribution in [-0.2, 0) is 10.0 Å². The van der Waals surface area contributed by atoms with Crippen LogP contribution >= 0.6 is 38.9 Å². The molecule has 1 heterocycles. The fraction of sp³-hybridized carbons (Fsp3) is 0.667. The molecule has 1 fully saturated rings. The molecule has 2 rings (SSSR count). The second-order valence-electron chi connectivity index (χ2n) is 5.00. The van der Waals surface area contributed by atoms with E-state index in [4.69, 9.17) is 11.6 Å². The van der Waals surface area contributed by atoms with Gasteiger partial charge in [-0.25, -0.2) is 8.42 Å². The Morgan fingerprint density at radius 1 is 1.40 bits per heavy atom. The highest BCUT2D eigenvalue weighted by molar-refractivity contribution is 9.11. The van der Waals surface area contributed by atoms with Crippen molar-refractivity contribution < 1.29 is 8.42 Å². The second kappa shape index (κ2) is 6.62. The van der Waals surface area contributed by atoms with E-state index in [0.29, 0.717) is 19.1 Å². The van der Waals surface area contributed by atoms with E-state index in [2.05, 4.69) is 21.2 Å². The van der Waals surface area contributed by atoms with Gasteiger partial charge in [0, 0.05) is 19.1 Å². The molecule has 0 radical (unpaired) electrons. The Kier molecular flexibility index (Phi) is 5.53. The van der Waals surface area contributed by atoms with E-state index in [-0.39, 0.29) is 6.04 Å². The Bertz CT molecular complexity index is 549. The van der Waals surface area contributed by atoms with Crippen molar-refractivity contribution in [2.75, 3.05) is 14.1 Å². The topological polar surface area (TPSA) is 49.4 Å². The molecule has 0 unspecified atom stereocenters. The minimum absolute atomic E-state index is 0.0734. The summed E-state index contributed by atoms with van der Waals surface area (Å²) >= 11 is 10.4. The van der Waals surface area contributed by atoms with Crippen LogP contribution < -0.4 is 5.32 Å². The standard InChI is InChI=1S/C12H18BrClN2O2S2/c1-15-8-3-5-9(6-4-8)16(2)20(17,18)11-7-10(14)12(13)19-11/h7-9,15H,3-6H2,1-2H3. The summed E-state index contributed by atoms with van der Waals surface area (Å²) in [5, 5.41) is 3.70. The number of halogens is 2. The van der Waals surface area contributed by atoms with E-state index in [1.807, 2.05) is 7.05 Å². The molecule has 0 aromatic carbocycles. The van der Waals surface area contributed by atoms with Gasteiger partial charge in [0.05, 0.1) is 8.81 Å². The number of hydrogen-bond donors (Lipinski definition) is 1. The van der Waals surface area contributed by atoms with E-state index in [1.54, 1.807) is 7.05 Å². The van der Waals surface area contributed by atoms with Crippen LogP contribution in [0.5, 0.6) is 0 Å². The number of nitrogens with zero attached hydrogens (tertiary/aromatic N) is 1. The lowest BCUT2D eigenvalue weighted by atomic mass is 9.91. The molecule has 0 saturated heterocycles. The van der Waals surface area contributed by atoms with Gasteiger partial charge < -0.3 is 5.32 Å². The summed E-state index contributed by atoms with van der Waals surface area (Å²) in [6.07, 6.45) is 3.80. The largest absolute Gasteiger partial charge is 0.317 e. The summed E-state index contributed by atoms with van der Waals surface area (Å²) in [5.74, 6) is 0. The highest BCUT2D eigenvalue weighted by Gasteiger charge is 2.32. The van der Waals surface area contributed by atoms with Gasteiger partial charge in [0.1, 0.15) is 4.21 Å². The number of sulfonamides is 1. The van der Waals surface area contributed by atoms with E-state index in [9.17, 15) is 8.42 Å². The van der Waals surface area contributed by atoms with Gasteiger partial charge in [-0.1, -0.05) is 11.6 Å². The third-order valence-electron chi connectivity index (χ3n) is 3.88. The lowest BCUT2D eigenvalue weighted by molar-refractivity contribution is 0.255. The average Bonchev–Trinajstić information content (AvgIpc) is 2.78. The maximum Gasteiger partial charge on any atom is 0.252 e. The summed E-state index contributed by atoms with van der Waals surface area (Å²) in [6.45, 7) is 0. The maximum absolute atomic E-state index is 12.6. The number of rotatable bonds is 4. The molecular weight excluding hydrogens is 384 g/mol. The van der Waals surface area contributed by atoms with E-state index in [1.165, 1.54) is 10.4 Å². The smallest absolute Gasteiger partial charge is 0.252 e. The molecule has 0 spiro atoms. The first kappa shape index (κ1) is 16.7. The monoisotopic (exact) mass is 400 g/mol. The number of nitrogens with one attached hydrogen (secondary N) is 1. The fourth-order valence-electron chi connectivity index (χ4n) is 2.52. The Balaban J connectivity index is 2.13. The van der Waals surface area contributed by atoms with Crippen molar-refractivity contribution in [1.82, 2.24) is 9.62 Å². The third-order valence-corrected chi connectivity index (χ3v) is 8.71. The zero-order chi connectivity index (χ0) is 14.9. The zero-order valence-corrected chi connectivity index (χ0v) is 15.4. The summed E-state index contributed by atoms with van der Waals surface area (Å²) < 4.78 is 27.6. The molecular formula is C12H18BrClN2O2S2. The molecule has 0 aliphatic heterocycles. The van der Waals surface area contributed by atoms with Gasteiger partial charge in [-0.05, 0) is 54.7 Å². The van der Waals surface area contributed by atoms with Gasteiger partial charge in [-0.2, -0.15) is 4.31 Å². The van der Waals surface area contributed by atoms with Crippen molar-refractivity contribution in [3.8, 4) is 0 Å². The molecule has 1 aliphatic carbocycles. The van der Waals surface area contributed by atoms with Crippen molar-refractivity contribution in [3.63, 3.8) is 0 Å². The summed E-state index contributed by atoms with van der Waals surface area (Å²) in [5.41, 5.74) is 0. The molecule has 0 amide bonds. The van der Waals surface area contributed by atoms with E-state index < -0.39 is 10.0 Å². The number of thiophene rings is 1. The minimum Gasteiger partial charge on any atom is -0.317 e. The molecule has 1 N–H and O–H groups in total. The fourth-order valence-corrected chi connectivity index (χ4v) is 6.52. The van der Waals surface area contributed by atoms with Crippen LogP contribution in [0.2, 0.25) is 5.02 Å². The molecule has 1 aromatic heterocycles. The van der Waals surface area contributed by atoms with E-state index >= 15 is 0 Å². The van der Waals surface area contributed by atoms with Crippen molar-refractivity contribution in [1.29, 1.82) is 0 Å². The normalized spacial score (nSPS) is 24.2. The lowest BCUT2D eigenvalue weighted by Crippen LogP contribution is -2.42. The van der Waals surface area contributed by atoms with Crippen LogP contribution in [0.1, 0.15) is 25.7 Å². The van der Waals surface area contributed by atoms with Crippen LogP contribution in [0.25, 0.3) is 0 Å². The van der Waals surface area contributed by atoms with Gasteiger partial charge in [-0.15, -0.1) is 11.3 Å². The highest BCUT2D eigenvalue weighted by Crippen LogP contribution is 2.37. The van der Waals surface area contributed by atoms with Gasteiger partial charge in [-0.3, -0.25) is 0 Å². The minimum atomic E-state index is -3.45. The second-order valence-corrected chi connectivity index (χ2v) is 10.0.